The van der Waals surface area contributed by atoms with Gasteiger partial charge in [-0.2, -0.15) is 5.26 Å². The van der Waals surface area contributed by atoms with Crippen molar-refractivity contribution in [3.05, 3.63) is 48.6 Å². The second kappa shape index (κ2) is 4.56. The summed E-state index contributed by atoms with van der Waals surface area (Å²) in [6.45, 7) is 5.21. The monoisotopic (exact) mass is 199 g/mol. The Morgan fingerprint density at radius 2 is 2.13 bits per heavy atom. The zero-order chi connectivity index (χ0) is 11.3. The average molecular weight is 199 g/mol. The lowest BCUT2D eigenvalue weighted by Gasteiger charge is -2.17. The van der Waals surface area contributed by atoms with Gasteiger partial charge in [0.05, 0.1) is 6.07 Å². The molecule has 0 radical (unpaired) electrons. The zero-order valence-corrected chi connectivity index (χ0v) is 8.73. The standard InChI is InChI=1S/C13H13NO/c1-3-9-13(2,10-14)12(15)11-7-5-4-6-8-11/h3-8H,1,9H2,2H3. The molecule has 2 nitrogen and oxygen atoms in total. The lowest BCUT2D eigenvalue weighted by atomic mass is 9.81. The zero-order valence-electron chi connectivity index (χ0n) is 8.73. The van der Waals surface area contributed by atoms with Gasteiger partial charge in [-0.3, -0.25) is 4.79 Å². The molecule has 1 rings (SSSR count). The number of Topliss-reactive ketones (excluding diaryl/α,β-unsaturated/α-hetero) is 1. The number of hydrogen-bond acceptors (Lipinski definition) is 2. The van der Waals surface area contributed by atoms with Crippen molar-refractivity contribution in [2.45, 2.75) is 13.3 Å². The van der Waals surface area contributed by atoms with E-state index in [0.717, 1.165) is 0 Å². The Kier molecular flexibility index (Phi) is 3.41. The minimum absolute atomic E-state index is 0.148. The smallest absolute Gasteiger partial charge is 0.183 e. The molecular weight excluding hydrogens is 186 g/mol. The van der Waals surface area contributed by atoms with Gasteiger partial charge in [0.2, 0.25) is 0 Å². The Bertz CT molecular complexity index is 402. The molecule has 0 bridgehead atoms. The predicted octanol–water partition coefficient (Wildman–Crippen LogP) is 2.98. The third-order valence-electron chi connectivity index (χ3n) is 2.34. The molecule has 0 aliphatic rings. The molecule has 1 unspecified atom stereocenters. The number of nitriles is 1. The van der Waals surface area contributed by atoms with Crippen LogP contribution in [0.5, 0.6) is 0 Å². The maximum absolute atomic E-state index is 12.0. The van der Waals surface area contributed by atoms with E-state index in [4.69, 9.17) is 5.26 Å². The maximum atomic E-state index is 12.0. The summed E-state index contributed by atoms with van der Waals surface area (Å²) in [6, 6.07) is 10.9. The van der Waals surface area contributed by atoms with Crippen LogP contribution in [0.2, 0.25) is 0 Å². The van der Waals surface area contributed by atoms with Crippen LogP contribution in [0.3, 0.4) is 0 Å². The summed E-state index contributed by atoms with van der Waals surface area (Å²) < 4.78 is 0. The molecule has 0 spiro atoms. The van der Waals surface area contributed by atoms with Crippen LogP contribution in [0.4, 0.5) is 0 Å². The van der Waals surface area contributed by atoms with Crippen LogP contribution >= 0.6 is 0 Å². The number of carbonyl (C=O) groups excluding carboxylic acids is 1. The fourth-order valence-electron chi connectivity index (χ4n) is 1.39. The van der Waals surface area contributed by atoms with Crippen molar-refractivity contribution in [1.29, 1.82) is 5.26 Å². The van der Waals surface area contributed by atoms with E-state index >= 15 is 0 Å². The molecule has 0 N–H and O–H groups in total. The highest BCUT2D eigenvalue weighted by Crippen LogP contribution is 2.26. The minimum atomic E-state index is -0.997. The minimum Gasteiger partial charge on any atom is -0.292 e. The summed E-state index contributed by atoms with van der Waals surface area (Å²) in [5.41, 5.74) is -0.424. The van der Waals surface area contributed by atoms with Crippen LogP contribution in [0.15, 0.2) is 43.0 Å². The second-order valence-corrected chi connectivity index (χ2v) is 3.63. The Labute approximate surface area is 89.9 Å². The van der Waals surface area contributed by atoms with Crippen LogP contribution in [-0.2, 0) is 0 Å². The molecule has 1 atom stereocenters. The SMILES string of the molecule is C=CCC(C)(C#N)C(=O)c1ccccc1. The molecular formula is C13H13NO. The van der Waals surface area contributed by atoms with Gasteiger partial charge in [0.1, 0.15) is 5.41 Å². The van der Waals surface area contributed by atoms with E-state index in [-0.39, 0.29) is 5.78 Å². The quantitative estimate of drug-likeness (QED) is 0.552. The number of benzene rings is 1. The highest BCUT2D eigenvalue weighted by atomic mass is 16.1. The molecule has 2 heteroatoms. The van der Waals surface area contributed by atoms with Crippen molar-refractivity contribution in [2.24, 2.45) is 5.41 Å². The Morgan fingerprint density at radius 3 is 2.60 bits per heavy atom. The summed E-state index contributed by atoms with van der Waals surface area (Å²) in [4.78, 5) is 12.0. The fraction of sp³-hybridized carbons (Fsp3) is 0.231. The lowest BCUT2D eigenvalue weighted by molar-refractivity contribution is 0.0878. The van der Waals surface area contributed by atoms with E-state index in [9.17, 15) is 4.79 Å². The van der Waals surface area contributed by atoms with Crippen molar-refractivity contribution >= 4 is 5.78 Å². The van der Waals surface area contributed by atoms with Gasteiger partial charge in [0.25, 0.3) is 0 Å². The first kappa shape index (κ1) is 11.2. The Hall–Kier alpha value is -1.88. The van der Waals surface area contributed by atoms with Crippen molar-refractivity contribution in [2.75, 3.05) is 0 Å². The number of allylic oxidation sites excluding steroid dienone is 1. The molecule has 0 amide bonds. The van der Waals surface area contributed by atoms with E-state index in [2.05, 4.69) is 12.6 Å². The largest absolute Gasteiger partial charge is 0.292 e. The molecule has 0 heterocycles. The van der Waals surface area contributed by atoms with E-state index in [0.29, 0.717) is 12.0 Å². The topological polar surface area (TPSA) is 40.9 Å². The summed E-state index contributed by atoms with van der Waals surface area (Å²) in [6.07, 6.45) is 1.97. The first-order valence-electron chi connectivity index (χ1n) is 4.76. The number of ketones is 1. The van der Waals surface area contributed by atoms with Crippen molar-refractivity contribution in [3.63, 3.8) is 0 Å². The molecule has 15 heavy (non-hydrogen) atoms. The average Bonchev–Trinajstić information content (AvgIpc) is 2.29. The maximum Gasteiger partial charge on any atom is 0.183 e. The van der Waals surface area contributed by atoms with E-state index < -0.39 is 5.41 Å². The van der Waals surface area contributed by atoms with Crippen LogP contribution in [0, 0.1) is 16.7 Å². The van der Waals surface area contributed by atoms with Crippen LogP contribution < -0.4 is 0 Å². The molecule has 0 saturated carbocycles. The molecule has 0 aliphatic carbocycles. The summed E-state index contributed by atoms with van der Waals surface area (Å²) >= 11 is 0. The fourth-order valence-corrected chi connectivity index (χ4v) is 1.39. The van der Waals surface area contributed by atoms with E-state index in [1.165, 1.54) is 0 Å². The molecule has 0 aromatic heterocycles. The van der Waals surface area contributed by atoms with Crippen LogP contribution in [0.25, 0.3) is 0 Å². The molecule has 1 aromatic rings. The van der Waals surface area contributed by atoms with E-state index in [1.54, 1.807) is 37.3 Å². The summed E-state index contributed by atoms with van der Waals surface area (Å²) in [5, 5.41) is 9.03. The predicted molar refractivity (Wildman–Crippen MR) is 59.3 cm³/mol. The summed E-state index contributed by atoms with van der Waals surface area (Å²) in [5.74, 6) is -0.148. The van der Waals surface area contributed by atoms with Gasteiger partial charge < -0.3 is 0 Å². The molecule has 0 fully saturated rings. The van der Waals surface area contributed by atoms with Gasteiger partial charge in [-0.1, -0.05) is 36.4 Å². The van der Waals surface area contributed by atoms with Gasteiger partial charge >= 0.3 is 0 Å². The summed E-state index contributed by atoms with van der Waals surface area (Å²) in [7, 11) is 0. The highest BCUT2D eigenvalue weighted by molar-refractivity contribution is 6.02. The van der Waals surface area contributed by atoms with Crippen LogP contribution in [0.1, 0.15) is 23.7 Å². The van der Waals surface area contributed by atoms with Gasteiger partial charge in [-0.05, 0) is 13.3 Å². The first-order chi connectivity index (χ1) is 7.14. The van der Waals surface area contributed by atoms with Crippen molar-refractivity contribution < 1.29 is 4.79 Å². The Morgan fingerprint density at radius 1 is 1.53 bits per heavy atom. The number of hydrogen-bond donors (Lipinski definition) is 0. The number of rotatable bonds is 4. The van der Waals surface area contributed by atoms with Gasteiger partial charge in [0.15, 0.2) is 5.78 Å². The van der Waals surface area contributed by atoms with Crippen molar-refractivity contribution in [3.8, 4) is 6.07 Å². The first-order valence-corrected chi connectivity index (χ1v) is 4.76. The Balaban J connectivity index is 3.03. The molecule has 0 saturated heterocycles. The van der Waals surface area contributed by atoms with Crippen LogP contribution in [-0.4, -0.2) is 5.78 Å². The van der Waals surface area contributed by atoms with Gasteiger partial charge in [0, 0.05) is 5.56 Å². The van der Waals surface area contributed by atoms with Gasteiger partial charge in [-0.15, -0.1) is 6.58 Å². The third-order valence-corrected chi connectivity index (χ3v) is 2.34. The number of carbonyl (C=O) groups is 1. The molecule has 76 valence electrons. The van der Waals surface area contributed by atoms with E-state index in [1.807, 2.05) is 6.07 Å². The van der Waals surface area contributed by atoms with Crippen molar-refractivity contribution in [1.82, 2.24) is 0 Å². The lowest BCUT2D eigenvalue weighted by Crippen LogP contribution is -2.25. The highest BCUT2D eigenvalue weighted by Gasteiger charge is 2.32. The van der Waals surface area contributed by atoms with Gasteiger partial charge in [-0.25, -0.2) is 0 Å². The molecule has 0 aliphatic heterocycles. The number of nitrogens with zero attached hydrogens (tertiary/aromatic N) is 1. The molecule has 1 aromatic carbocycles. The normalized spacial score (nSPS) is 13.6. The second-order valence-electron chi connectivity index (χ2n) is 3.63. The third kappa shape index (κ3) is 2.32.